The van der Waals surface area contributed by atoms with Crippen molar-refractivity contribution in [3.8, 4) is 5.75 Å². The maximum atomic E-state index is 11.0. The first-order valence-electron chi connectivity index (χ1n) is 10.2. The van der Waals surface area contributed by atoms with Crippen LogP contribution in [-0.4, -0.2) is 68.4 Å². The van der Waals surface area contributed by atoms with Gasteiger partial charge in [-0.25, -0.2) is 4.98 Å². The largest absolute Gasteiger partial charge is 0.481 e. The number of aryl methyl sites for hydroxylation is 1. The van der Waals surface area contributed by atoms with Crippen molar-refractivity contribution in [2.45, 2.75) is 35.3 Å². The highest BCUT2D eigenvalue weighted by molar-refractivity contribution is 14.1. The second kappa shape index (κ2) is 10.8. The number of carboxylic acid groups (broad SMARTS) is 1. The highest BCUT2D eigenvalue weighted by Gasteiger charge is 2.32. The minimum atomic E-state index is -1.22. The van der Waals surface area contributed by atoms with E-state index in [-0.39, 0.29) is 12.8 Å². The number of benzene rings is 1. The lowest BCUT2D eigenvalue weighted by molar-refractivity contribution is -0.136. The maximum absolute atomic E-state index is 11.0. The first-order valence-corrected chi connectivity index (χ1v) is 11.3. The molecule has 1 aromatic carbocycles. The predicted molar refractivity (Wildman–Crippen MR) is 124 cm³/mol. The second-order valence-electron chi connectivity index (χ2n) is 7.77. The third-order valence-corrected chi connectivity index (χ3v) is 5.90. The van der Waals surface area contributed by atoms with Crippen LogP contribution < -0.4 is 10.1 Å². The molecule has 2 heterocycles. The minimum absolute atomic E-state index is 0.0845. The van der Waals surface area contributed by atoms with Gasteiger partial charge in [0.25, 0.3) is 0 Å². The summed E-state index contributed by atoms with van der Waals surface area (Å²) in [6.45, 7) is 0.769. The van der Waals surface area contributed by atoms with Crippen molar-refractivity contribution < 1.29 is 38.9 Å². The third-order valence-electron chi connectivity index (χ3n) is 5.22. The first-order chi connectivity index (χ1) is 15.7. The van der Waals surface area contributed by atoms with Crippen molar-refractivity contribution in [2.75, 3.05) is 26.4 Å². The van der Waals surface area contributed by atoms with Crippen LogP contribution in [0.25, 0.3) is 11.0 Å². The molecule has 3 aromatic rings. The molecule has 180 valence electrons. The standard InChI is InChI=1S/C21H26IN3O8/c1-20(22,19-23-6-7-31-19)32-16-9-17-14(15(25-33-17)2-3-18(29)30)8-13(16)4-5-24-21(10-26,11-27)12-28/h6-9,24,26-28H,2-5,10-12H2,1H3,(H,29,30)/t20-/m0/s1. The molecule has 33 heavy (non-hydrogen) atoms. The molecule has 0 aliphatic rings. The van der Waals surface area contributed by atoms with E-state index in [1.165, 1.54) is 12.5 Å². The van der Waals surface area contributed by atoms with Crippen LogP contribution in [0.5, 0.6) is 5.75 Å². The molecule has 0 radical (unpaired) electrons. The summed E-state index contributed by atoms with van der Waals surface area (Å²) in [4.78, 5) is 15.1. The number of ether oxygens (including phenoxy) is 1. The highest BCUT2D eigenvalue weighted by atomic mass is 127. The molecular weight excluding hydrogens is 549 g/mol. The molecule has 0 aliphatic heterocycles. The molecule has 3 rings (SSSR count). The molecule has 0 bridgehead atoms. The Bertz CT molecular complexity index is 1050. The van der Waals surface area contributed by atoms with Crippen LogP contribution in [0, 0.1) is 0 Å². The number of hydrogen-bond donors (Lipinski definition) is 5. The molecule has 0 spiro atoms. The van der Waals surface area contributed by atoms with Gasteiger partial charge in [0, 0.05) is 24.4 Å². The topological polar surface area (TPSA) is 171 Å². The van der Waals surface area contributed by atoms with Gasteiger partial charge in [-0.05, 0) is 47.6 Å². The second-order valence-corrected chi connectivity index (χ2v) is 9.83. The van der Waals surface area contributed by atoms with Crippen LogP contribution in [-0.2, 0) is 21.2 Å². The Morgan fingerprint density at radius 1 is 1.21 bits per heavy atom. The lowest BCUT2D eigenvalue weighted by atomic mass is 10.0. The molecule has 0 amide bonds. The van der Waals surface area contributed by atoms with Crippen LogP contribution in [0.3, 0.4) is 0 Å². The number of oxazole rings is 1. The van der Waals surface area contributed by atoms with Crippen molar-refractivity contribution in [3.63, 3.8) is 0 Å². The van der Waals surface area contributed by atoms with Crippen LogP contribution in [0.4, 0.5) is 0 Å². The van der Waals surface area contributed by atoms with Gasteiger partial charge in [0.15, 0.2) is 5.58 Å². The highest BCUT2D eigenvalue weighted by Crippen LogP contribution is 2.37. The fourth-order valence-corrected chi connectivity index (χ4v) is 3.73. The summed E-state index contributed by atoms with van der Waals surface area (Å²) in [6, 6.07) is 3.50. The number of aliphatic carboxylic acids is 1. The number of nitrogens with one attached hydrogen (secondary N) is 1. The van der Waals surface area contributed by atoms with Crippen molar-refractivity contribution in [3.05, 3.63) is 41.7 Å². The number of fused-ring (bicyclic) bond motifs is 1. The minimum Gasteiger partial charge on any atom is -0.481 e. The molecule has 1 atom stereocenters. The molecule has 5 N–H and O–H groups in total. The first kappa shape index (κ1) is 25.4. The molecule has 0 unspecified atom stereocenters. The average molecular weight is 575 g/mol. The number of nitrogens with zero attached hydrogens (tertiary/aromatic N) is 2. The molecule has 2 aromatic heterocycles. The number of hydrogen-bond acceptors (Lipinski definition) is 10. The number of carboxylic acids is 1. The van der Waals surface area contributed by atoms with Crippen molar-refractivity contribution in [1.82, 2.24) is 15.5 Å². The summed E-state index contributed by atoms with van der Waals surface area (Å²) in [7, 11) is 0. The van der Waals surface area contributed by atoms with Gasteiger partial charge >= 0.3 is 5.97 Å². The van der Waals surface area contributed by atoms with E-state index in [2.05, 4.69) is 38.0 Å². The average Bonchev–Trinajstić information content (AvgIpc) is 3.46. The summed E-state index contributed by atoms with van der Waals surface area (Å²) >= 11 is 2.07. The zero-order valence-corrected chi connectivity index (χ0v) is 20.1. The molecule has 0 saturated heterocycles. The van der Waals surface area contributed by atoms with Crippen LogP contribution in [0.1, 0.15) is 30.5 Å². The lowest BCUT2D eigenvalue weighted by Crippen LogP contribution is -2.55. The van der Waals surface area contributed by atoms with Gasteiger partial charge in [-0.2, -0.15) is 0 Å². The summed E-state index contributed by atoms with van der Waals surface area (Å²) < 4.78 is 16.1. The van der Waals surface area contributed by atoms with Crippen molar-refractivity contribution in [2.24, 2.45) is 0 Å². The van der Waals surface area contributed by atoms with Gasteiger partial charge in [-0.3, -0.25) is 4.79 Å². The summed E-state index contributed by atoms with van der Waals surface area (Å²) in [6.07, 6.45) is 3.50. The smallest absolute Gasteiger partial charge is 0.303 e. The fourth-order valence-electron chi connectivity index (χ4n) is 3.23. The Balaban J connectivity index is 1.92. The molecular formula is C21H26IN3O8. The van der Waals surface area contributed by atoms with E-state index >= 15 is 0 Å². The van der Waals surface area contributed by atoms with Gasteiger partial charge < -0.3 is 39.4 Å². The fraction of sp³-hybridized carbons (Fsp3) is 0.476. The van der Waals surface area contributed by atoms with Gasteiger partial charge in [0.05, 0.1) is 43.7 Å². The van der Waals surface area contributed by atoms with Crippen LogP contribution >= 0.6 is 22.6 Å². The number of aliphatic hydroxyl groups excluding tert-OH is 3. The molecule has 0 aliphatic carbocycles. The molecule has 12 heteroatoms. The van der Waals surface area contributed by atoms with E-state index in [1.807, 2.05) is 6.07 Å². The summed E-state index contributed by atoms with van der Waals surface area (Å²) in [5.74, 6) is -0.0923. The molecule has 11 nitrogen and oxygen atoms in total. The van der Waals surface area contributed by atoms with Gasteiger partial charge in [0.1, 0.15) is 12.0 Å². The number of aliphatic hydroxyl groups is 3. The van der Waals surface area contributed by atoms with E-state index in [1.54, 1.807) is 13.0 Å². The lowest BCUT2D eigenvalue weighted by Gasteiger charge is -2.29. The number of carbonyl (C=O) groups is 1. The van der Waals surface area contributed by atoms with Crippen molar-refractivity contribution >= 4 is 39.5 Å². The summed E-state index contributed by atoms with van der Waals surface area (Å²) in [5.41, 5.74) is 0.489. The summed E-state index contributed by atoms with van der Waals surface area (Å²) in [5, 5.41) is 45.3. The number of alkyl halides is 1. The number of aromatic nitrogens is 2. The van der Waals surface area contributed by atoms with E-state index in [9.17, 15) is 20.1 Å². The number of rotatable bonds is 13. The predicted octanol–water partition coefficient (Wildman–Crippen LogP) is 1.37. The van der Waals surface area contributed by atoms with Crippen LogP contribution in [0.2, 0.25) is 0 Å². The Hall–Kier alpha value is -2.26. The zero-order chi connectivity index (χ0) is 24.1. The van der Waals surface area contributed by atoms with E-state index in [4.69, 9.17) is 18.8 Å². The molecule has 0 saturated carbocycles. The zero-order valence-electron chi connectivity index (χ0n) is 18.0. The van der Waals surface area contributed by atoms with Crippen LogP contribution in [0.15, 0.2) is 33.5 Å². The third kappa shape index (κ3) is 6.00. The van der Waals surface area contributed by atoms with Gasteiger partial charge in [0.2, 0.25) is 9.50 Å². The quantitative estimate of drug-likeness (QED) is 0.147. The maximum Gasteiger partial charge on any atom is 0.303 e. The van der Waals surface area contributed by atoms with E-state index in [0.717, 1.165) is 5.56 Å². The number of halogens is 1. The van der Waals surface area contributed by atoms with Gasteiger partial charge in [-0.15, -0.1) is 0 Å². The SMILES string of the molecule is C[C@](I)(Oc1cc2onc(CCC(=O)O)c2cc1CCNC(CO)(CO)CO)c1ncco1. The monoisotopic (exact) mass is 575 g/mol. The Labute approximate surface area is 202 Å². The molecule has 0 fully saturated rings. The van der Waals surface area contributed by atoms with E-state index in [0.29, 0.717) is 41.3 Å². The Morgan fingerprint density at radius 2 is 1.94 bits per heavy atom. The van der Waals surface area contributed by atoms with E-state index < -0.39 is 34.9 Å². The van der Waals surface area contributed by atoms with Gasteiger partial charge in [-0.1, -0.05) is 5.16 Å². The van der Waals surface area contributed by atoms with Crippen molar-refractivity contribution in [1.29, 1.82) is 0 Å². The normalized spacial score (nSPS) is 13.8. The Kier molecular flexibility index (Phi) is 8.28. The Morgan fingerprint density at radius 3 is 2.55 bits per heavy atom.